The molecule has 1 heterocycles. The summed E-state index contributed by atoms with van der Waals surface area (Å²) in [6.45, 7) is 0.470. The average Bonchev–Trinajstić information content (AvgIpc) is 3.28. The minimum absolute atomic E-state index is 0.0377. The Morgan fingerprint density at radius 2 is 1.94 bits per heavy atom. The van der Waals surface area contributed by atoms with Crippen LogP contribution in [0.15, 0.2) is 48.5 Å². The molecule has 3 rings (SSSR count). The number of rotatable bonds is 8. The van der Waals surface area contributed by atoms with E-state index in [1.807, 2.05) is 30.3 Å². The molecule has 0 bridgehead atoms. The zero-order chi connectivity index (χ0) is 23.1. The third-order valence-electron chi connectivity index (χ3n) is 5.27. The van der Waals surface area contributed by atoms with E-state index in [1.54, 1.807) is 18.2 Å². The van der Waals surface area contributed by atoms with Crippen molar-refractivity contribution in [2.45, 2.75) is 38.0 Å². The van der Waals surface area contributed by atoms with E-state index >= 15 is 0 Å². The molecule has 0 spiro atoms. The van der Waals surface area contributed by atoms with E-state index < -0.39 is 30.1 Å². The Kier molecular flexibility index (Phi) is 7.94. The molecule has 0 aliphatic carbocycles. The molecule has 0 radical (unpaired) electrons. The van der Waals surface area contributed by atoms with Gasteiger partial charge in [0.25, 0.3) is 0 Å². The second-order valence-electron chi connectivity index (χ2n) is 7.46. The number of carboxylic acid groups (broad SMARTS) is 1. The number of amides is 2. The van der Waals surface area contributed by atoms with Crippen LogP contribution in [0, 0.1) is 0 Å². The summed E-state index contributed by atoms with van der Waals surface area (Å²) >= 11 is 6.11. The van der Waals surface area contributed by atoms with Crippen molar-refractivity contribution in [3.63, 3.8) is 0 Å². The van der Waals surface area contributed by atoms with Crippen molar-refractivity contribution in [2.75, 3.05) is 13.7 Å². The fourth-order valence-electron chi connectivity index (χ4n) is 3.60. The molecule has 0 unspecified atom stereocenters. The lowest BCUT2D eigenvalue weighted by atomic mass is 10.0. The fraction of sp³-hybridized carbons (Fsp3) is 0.348. The molecule has 2 N–H and O–H groups in total. The number of halogens is 1. The van der Waals surface area contributed by atoms with Crippen LogP contribution < -0.4 is 10.1 Å². The van der Waals surface area contributed by atoms with E-state index in [1.165, 1.54) is 12.0 Å². The van der Waals surface area contributed by atoms with Crippen LogP contribution in [0.1, 0.15) is 24.0 Å². The second kappa shape index (κ2) is 10.9. The minimum Gasteiger partial charge on any atom is -0.495 e. The summed E-state index contributed by atoms with van der Waals surface area (Å²) in [4.78, 5) is 38.5. The van der Waals surface area contributed by atoms with Gasteiger partial charge in [-0.1, -0.05) is 48.0 Å². The minimum atomic E-state index is -1.18. The molecule has 1 aliphatic heterocycles. The number of nitrogens with zero attached hydrogens (tertiary/aromatic N) is 1. The highest BCUT2D eigenvalue weighted by atomic mass is 35.5. The molecular formula is C23H25ClN2O6. The molecule has 2 amide bonds. The Balaban J connectivity index is 1.61. The molecule has 1 aliphatic rings. The Morgan fingerprint density at radius 3 is 2.59 bits per heavy atom. The number of carbonyl (C=O) groups is 3. The van der Waals surface area contributed by atoms with Gasteiger partial charge in [-0.05, 0) is 36.1 Å². The number of nitrogens with one attached hydrogen (secondary N) is 1. The smallest absolute Gasteiger partial charge is 0.410 e. The largest absolute Gasteiger partial charge is 0.495 e. The summed E-state index contributed by atoms with van der Waals surface area (Å²) in [6.07, 6.45) is 0.508. The molecule has 0 aromatic heterocycles. The highest BCUT2D eigenvalue weighted by Gasteiger charge is 2.36. The molecular weight excluding hydrogens is 436 g/mol. The van der Waals surface area contributed by atoms with Crippen molar-refractivity contribution in [1.82, 2.24) is 10.2 Å². The van der Waals surface area contributed by atoms with E-state index in [-0.39, 0.29) is 13.0 Å². The number of carbonyl (C=O) groups excluding carboxylic acids is 2. The van der Waals surface area contributed by atoms with Gasteiger partial charge < -0.3 is 19.9 Å². The third kappa shape index (κ3) is 5.91. The first-order chi connectivity index (χ1) is 15.4. The van der Waals surface area contributed by atoms with E-state index in [9.17, 15) is 19.5 Å². The van der Waals surface area contributed by atoms with Crippen LogP contribution in [0.5, 0.6) is 5.75 Å². The first-order valence-corrected chi connectivity index (χ1v) is 10.6. The standard InChI is InChI=1S/C23H25ClN2O6/c1-31-20-10-9-16(12-17(20)24)13-18(22(28)29)25-21(27)19-8-5-11-26(19)23(30)32-14-15-6-3-2-4-7-15/h2-4,6-7,9-10,12,18-19H,5,8,11,13-14H2,1H3,(H,25,27)(H,28,29)/t18-,19-/m1/s1. The SMILES string of the molecule is COc1ccc(C[C@@H](NC(=O)[C@H]2CCCN2C(=O)OCc2ccccc2)C(=O)O)cc1Cl. The van der Waals surface area contributed by atoms with Gasteiger partial charge in [-0.3, -0.25) is 9.69 Å². The quantitative estimate of drug-likeness (QED) is 0.626. The monoisotopic (exact) mass is 460 g/mol. The summed E-state index contributed by atoms with van der Waals surface area (Å²) < 4.78 is 10.4. The van der Waals surface area contributed by atoms with Gasteiger partial charge >= 0.3 is 12.1 Å². The van der Waals surface area contributed by atoms with Gasteiger partial charge in [0.05, 0.1) is 12.1 Å². The van der Waals surface area contributed by atoms with Gasteiger partial charge in [0.2, 0.25) is 5.91 Å². The van der Waals surface area contributed by atoms with Crippen molar-refractivity contribution in [2.24, 2.45) is 0 Å². The van der Waals surface area contributed by atoms with Crippen LogP contribution in [-0.4, -0.2) is 53.7 Å². The van der Waals surface area contributed by atoms with Crippen molar-refractivity contribution >= 4 is 29.6 Å². The highest BCUT2D eigenvalue weighted by Crippen LogP contribution is 2.25. The van der Waals surface area contributed by atoms with Crippen molar-refractivity contribution in [1.29, 1.82) is 0 Å². The second-order valence-corrected chi connectivity index (χ2v) is 7.87. The molecule has 0 saturated carbocycles. The average molecular weight is 461 g/mol. The van der Waals surface area contributed by atoms with E-state index in [4.69, 9.17) is 21.1 Å². The predicted molar refractivity (Wildman–Crippen MR) is 118 cm³/mol. The lowest BCUT2D eigenvalue weighted by molar-refractivity contribution is -0.142. The normalized spacial score (nSPS) is 16.3. The number of aliphatic carboxylic acids is 1. The zero-order valence-corrected chi connectivity index (χ0v) is 18.4. The molecule has 32 heavy (non-hydrogen) atoms. The summed E-state index contributed by atoms with van der Waals surface area (Å²) in [7, 11) is 1.49. The van der Waals surface area contributed by atoms with E-state index in [0.717, 1.165) is 5.56 Å². The number of ether oxygens (including phenoxy) is 2. The van der Waals surface area contributed by atoms with Crippen LogP contribution in [0.25, 0.3) is 0 Å². The molecule has 2 aromatic rings. The molecule has 8 nitrogen and oxygen atoms in total. The summed E-state index contributed by atoms with van der Waals surface area (Å²) in [5, 5.41) is 12.5. The van der Waals surface area contributed by atoms with E-state index in [0.29, 0.717) is 35.7 Å². The number of hydrogen-bond donors (Lipinski definition) is 2. The zero-order valence-electron chi connectivity index (χ0n) is 17.6. The first kappa shape index (κ1) is 23.4. The Labute approximate surface area is 191 Å². The van der Waals surface area contributed by atoms with Crippen molar-refractivity contribution in [3.05, 3.63) is 64.7 Å². The van der Waals surface area contributed by atoms with Gasteiger partial charge in [-0.15, -0.1) is 0 Å². The lowest BCUT2D eigenvalue weighted by Gasteiger charge is -2.25. The molecule has 1 saturated heterocycles. The maximum absolute atomic E-state index is 12.8. The van der Waals surface area contributed by atoms with Crippen molar-refractivity contribution in [3.8, 4) is 5.75 Å². The van der Waals surface area contributed by atoms with Gasteiger partial charge in [-0.2, -0.15) is 0 Å². The molecule has 9 heteroatoms. The van der Waals surface area contributed by atoms with E-state index in [2.05, 4.69) is 5.32 Å². The highest BCUT2D eigenvalue weighted by molar-refractivity contribution is 6.32. The number of carboxylic acids is 1. The first-order valence-electron chi connectivity index (χ1n) is 10.2. The van der Waals surface area contributed by atoms with Gasteiger partial charge in [0.15, 0.2) is 0 Å². The molecule has 1 fully saturated rings. The van der Waals surface area contributed by atoms with Crippen LogP contribution in [-0.2, 0) is 27.4 Å². The molecule has 2 aromatic carbocycles. The number of methoxy groups -OCH3 is 1. The van der Waals surface area contributed by atoms with Gasteiger partial charge in [0, 0.05) is 13.0 Å². The van der Waals surface area contributed by atoms with Crippen LogP contribution >= 0.6 is 11.6 Å². The lowest BCUT2D eigenvalue weighted by Crippen LogP contribution is -2.51. The fourth-order valence-corrected chi connectivity index (χ4v) is 3.88. The number of likely N-dealkylation sites (tertiary alicyclic amines) is 1. The molecule has 2 atom stereocenters. The Bertz CT molecular complexity index is 968. The maximum Gasteiger partial charge on any atom is 0.410 e. The van der Waals surface area contributed by atoms with Crippen LogP contribution in [0.4, 0.5) is 4.79 Å². The summed E-state index contributed by atoms with van der Waals surface area (Å²) in [5.41, 5.74) is 1.47. The Hall–Kier alpha value is -3.26. The number of benzene rings is 2. The third-order valence-corrected chi connectivity index (χ3v) is 5.56. The van der Waals surface area contributed by atoms with Crippen LogP contribution in [0.3, 0.4) is 0 Å². The van der Waals surface area contributed by atoms with Gasteiger partial charge in [0.1, 0.15) is 24.4 Å². The Morgan fingerprint density at radius 1 is 1.19 bits per heavy atom. The van der Waals surface area contributed by atoms with Crippen molar-refractivity contribution < 1.29 is 29.0 Å². The van der Waals surface area contributed by atoms with Gasteiger partial charge in [-0.25, -0.2) is 9.59 Å². The maximum atomic E-state index is 12.8. The number of hydrogen-bond acceptors (Lipinski definition) is 5. The topological polar surface area (TPSA) is 105 Å². The van der Waals surface area contributed by atoms with Crippen LogP contribution in [0.2, 0.25) is 5.02 Å². The summed E-state index contributed by atoms with van der Waals surface area (Å²) in [5.74, 6) is -1.23. The summed E-state index contributed by atoms with van der Waals surface area (Å²) in [6, 6.07) is 12.2. The predicted octanol–water partition coefficient (Wildman–Crippen LogP) is 3.26. The molecule has 170 valence electrons.